The number of halogens is 1. The van der Waals surface area contributed by atoms with Gasteiger partial charge in [0.25, 0.3) is 0 Å². The summed E-state index contributed by atoms with van der Waals surface area (Å²) in [4.78, 5) is 15.1. The minimum atomic E-state index is -0.498. The molecule has 0 saturated carbocycles. The van der Waals surface area contributed by atoms with Gasteiger partial charge in [0.05, 0.1) is 24.3 Å². The number of aromatic nitrogens is 4. The summed E-state index contributed by atoms with van der Waals surface area (Å²) in [7, 11) is 0. The molecule has 0 aliphatic carbocycles. The van der Waals surface area contributed by atoms with Gasteiger partial charge in [0.2, 0.25) is 0 Å². The summed E-state index contributed by atoms with van der Waals surface area (Å²) in [5.41, 5.74) is 0.658. The van der Waals surface area contributed by atoms with Crippen LogP contribution in [0.3, 0.4) is 0 Å². The van der Waals surface area contributed by atoms with Crippen LogP contribution in [0.4, 0.5) is 4.39 Å². The average Bonchev–Trinajstić information content (AvgIpc) is 2.30. The molecule has 2 rings (SSSR count). The molecule has 6 heteroatoms. The molecule has 0 aromatic carbocycles. The first kappa shape index (κ1) is 9.45. The molecule has 2 aromatic heterocycles. The first-order valence-electron chi connectivity index (χ1n) is 4.20. The molecule has 0 saturated heterocycles. The first-order chi connectivity index (χ1) is 7.34. The topological polar surface area (TPSA) is 60.8 Å². The third-order valence-electron chi connectivity index (χ3n) is 1.56. The van der Waals surface area contributed by atoms with Crippen molar-refractivity contribution in [2.45, 2.75) is 6.61 Å². The zero-order chi connectivity index (χ0) is 10.5. The van der Waals surface area contributed by atoms with Crippen molar-refractivity contribution in [1.82, 2.24) is 19.9 Å². The Labute approximate surface area is 85.0 Å². The Balaban J connectivity index is 1.96. The maximum atomic E-state index is 12.4. The largest absolute Gasteiger partial charge is 0.457 e. The lowest BCUT2D eigenvalue weighted by Gasteiger charge is -2.01. The molecule has 5 nitrogen and oxygen atoms in total. The highest BCUT2D eigenvalue weighted by molar-refractivity contribution is 4.98. The monoisotopic (exact) mass is 206 g/mol. The van der Waals surface area contributed by atoms with E-state index in [0.29, 0.717) is 5.69 Å². The predicted octanol–water partition coefficient (Wildman–Crippen LogP) is 0.985. The van der Waals surface area contributed by atoms with Gasteiger partial charge in [-0.15, -0.1) is 0 Å². The fourth-order valence-electron chi connectivity index (χ4n) is 0.918. The van der Waals surface area contributed by atoms with Gasteiger partial charge in [-0.05, 0) is 0 Å². The van der Waals surface area contributed by atoms with E-state index in [1.807, 2.05) is 0 Å². The van der Waals surface area contributed by atoms with Gasteiger partial charge in [-0.25, -0.2) is 14.4 Å². The lowest BCUT2D eigenvalue weighted by molar-refractivity contribution is 0.274. The van der Waals surface area contributed by atoms with E-state index in [4.69, 9.17) is 4.74 Å². The van der Waals surface area contributed by atoms with Gasteiger partial charge < -0.3 is 4.74 Å². The summed E-state index contributed by atoms with van der Waals surface area (Å²) < 4.78 is 17.6. The van der Waals surface area contributed by atoms with E-state index in [2.05, 4.69) is 19.9 Å². The Morgan fingerprint density at radius 2 is 1.87 bits per heavy atom. The Morgan fingerprint density at radius 1 is 1.07 bits per heavy atom. The summed E-state index contributed by atoms with van der Waals surface area (Å²) >= 11 is 0. The summed E-state index contributed by atoms with van der Waals surface area (Å²) in [6, 6.07) is 0.113. The standard InChI is InChI=1S/C9H7FN4O/c10-7-3-13-9(14-4-7)15-6-8-5-11-1-2-12-8/h1-5H,6H2. The van der Waals surface area contributed by atoms with Crippen molar-refractivity contribution < 1.29 is 9.13 Å². The number of rotatable bonds is 3. The Morgan fingerprint density at radius 3 is 2.53 bits per heavy atom. The van der Waals surface area contributed by atoms with E-state index in [-0.39, 0.29) is 12.6 Å². The minimum absolute atomic E-state index is 0.113. The van der Waals surface area contributed by atoms with E-state index < -0.39 is 5.82 Å². The van der Waals surface area contributed by atoms with Gasteiger partial charge in [0.15, 0.2) is 5.82 Å². The second-order valence-corrected chi connectivity index (χ2v) is 2.67. The molecule has 2 heterocycles. The smallest absolute Gasteiger partial charge is 0.316 e. The summed E-state index contributed by atoms with van der Waals surface area (Å²) in [5, 5.41) is 0. The van der Waals surface area contributed by atoms with Gasteiger partial charge >= 0.3 is 6.01 Å². The first-order valence-corrected chi connectivity index (χ1v) is 4.20. The number of nitrogens with zero attached hydrogens (tertiary/aromatic N) is 4. The molecule has 0 atom stereocenters. The highest BCUT2D eigenvalue weighted by atomic mass is 19.1. The SMILES string of the molecule is Fc1cnc(OCc2cnccn2)nc1. The molecule has 0 N–H and O–H groups in total. The van der Waals surface area contributed by atoms with Gasteiger partial charge in [-0.3, -0.25) is 9.97 Å². The van der Waals surface area contributed by atoms with Crippen LogP contribution in [0.5, 0.6) is 6.01 Å². The summed E-state index contributed by atoms with van der Waals surface area (Å²) in [5.74, 6) is -0.498. The normalized spacial score (nSPS) is 9.93. The third kappa shape index (κ3) is 2.67. The third-order valence-corrected chi connectivity index (χ3v) is 1.56. The maximum Gasteiger partial charge on any atom is 0.316 e. The van der Waals surface area contributed by atoms with Crippen molar-refractivity contribution in [1.29, 1.82) is 0 Å². The Kier molecular flexibility index (Phi) is 2.77. The van der Waals surface area contributed by atoms with Gasteiger partial charge in [-0.2, -0.15) is 0 Å². The molecule has 0 radical (unpaired) electrons. The number of hydrogen-bond acceptors (Lipinski definition) is 5. The van der Waals surface area contributed by atoms with E-state index in [1.165, 1.54) is 0 Å². The van der Waals surface area contributed by atoms with Crippen molar-refractivity contribution in [3.8, 4) is 6.01 Å². The van der Waals surface area contributed by atoms with Crippen molar-refractivity contribution in [2.24, 2.45) is 0 Å². The van der Waals surface area contributed by atoms with Crippen LogP contribution in [-0.4, -0.2) is 19.9 Å². The fourth-order valence-corrected chi connectivity index (χ4v) is 0.918. The maximum absolute atomic E-state index is 12.4. The fraction of sp³-hybridized carbons (Fsp3) is 0.111. The number of ether oxygens (including phenoxy) is 1. The highest BCUT2D eigenvalue weighted by Gasteiger charge is 1.99. The molecule has 0 unspecified atom stereocenters. The van der Waals surface area contributed by atoms with Crippen molar-refractivity contribution in [2.75, 3.05) is 0 Å². The number of hydrogen-bond donors (Lipinski definition) is 0. The molecule has 0 amide bonds. The zero-order valence-electron chi connectivity index (χ0n) is 7.67. The lowest BCUT2D eigenvalue weighted by Crippen LogP contribution is -2.01. The van der Waals surface area contributed by atoms with E-state index in [0.717, 1.165) is 12.4 Å². The summed E-state index contributed by atoms with van der Waals surface area (Å²) in [6.07, 6.45) is 6.78. The molecule has 2 aromatic rings. The molecule has 0 bridgehead atoms. The molecule has 0 spiro atoms. The van der Waals surface area contributed by atoms with Crippen LogP contribution in [0.1, 0.15) is 5.69 Å². The molecular formula is C9H7FN4O. The van der Waals surface area contributed by atoms with Crippen LogP contribution < -0.4 is 4.74 Å². The van der Waals surface area contributed by atoms with E-state index in [1.54, 1.807) is 18.6 Å². The van der Waals surface area contributed by atoms with Crippen LogP contribution in [0, 0.1) is 5.82 Å². The molecule has 15 heavy (non-hydrogen) atoms. The van der Waals surface area contributed by atoms with Crippen LogP contribution in [-0.2, 0) is 6.61 Å². The van der Waals surface area contributed by atoms with Crippen LogP contribution in [0.15, 0.2) is 31.0 Å². The average molecular weight is 206 g/mol. The quantitative estimate of drug-likeness (QED) is 0.749. The second-order valence-electron chi connectivity index (χ2n) is 2.67. The zero-order valence-corrected chi connectivity index (χ0v) is 7.67. The van der Waals surface area contributed by atoms with Crippen LogP contribution >= 0.6 is 0 Å². The predicted molar refractivity (Wildman–Crippen MR) is 48.4 cm³/mol. The summed E-state index contributed by atoms with van der Waals surface area (Å²) in [6.45, 7) is 0.208. The van der Waals surface area contributed by atoms with E-state index >= 15 is 0 Å². The minimum Gasteiger partial charge on any atom is -0.457 e. The lowest BCUT2D eigenvalue weighted by atomic mass is 10.5. The van der Waals surface area contributed by atoms with Crippen molar-refractivity contribution >= 4 is 0 Å². The Hall–Kier alpha value is -2.11. The van der Waals surface area contributed by atoms with E-state index in [9.17, 15) is 4.39 Å². The van der Waals surface area contributed by atoms with Crippen LogP contribution in [0.2, 0.25) is 0 Å². The Bertz CT molecular complexity index is 420. The van der Waals surface area contributed by atoms with Gasteiger partial charge in [0.1, 0.15) is 6.61 Å². The second kappa shape index (κ2) is 4.41. The van der Waals surface area contributed by atoms with Gasteiger partial charge in [-0.1, -0.05) is 0 Å². The van der Waals surface area contributed by atoms with Crippen molar-refractivity contribution in [3.05, 3.63) is 42.5 Å². The molecule has 76 valence electrons. The van der Waals surface area contributed by atoms with Crippen molar-refractivity contribution in [3.63, 3.8) is 0 Å². The van der Waals surface area contributed by atoms with Gasteiger partial charge in [0, 0.05) is 12.4 Å². The molecule has 0 aliphatic rings. The highest BCUT2D eigenvalue weighted by Crippen LogP contribution is 2.03. The van der Waals surface area contributed by atoms with Crippen LogP contribution in [0.25, 0.3) is 0 Å². The molecule has 0 fully saturated rings. The molecule has 0 aliphatic heterocycles. The molecular weight excluding hydrogens is 199 g/mol.